The molecule has 1 unspecified atom stereocenters. The molecule has 28 heavy (non-hydrogen) atoms. The first kappa shape index (κ1) is 21.2. The number of quaternary nitrogens is 1. The van der Waals surface area contributed by atoms with Crippen molar-refractivity contribution in [2.75, 3.05) is 26.2 Å². The summed E-state index contributed by atoms with van der Waals surface area (Å²) >= 11 is 5.35. The molecule has 1 aromatic heterocycles. The van der Waals surface area contributed by atoms with Gasteiger partial charge in [-0.2, -0.15) is 8.99 Å². The number of piperidine rings is 1. The van der Waals surface area contributed by atoms with Crippen LogP contribution in [0, 0.1) is 10.8 Å². The fraction of sp³-hybridized carbons (Fsp3) is 0.579. The van der Waals surface area contributed by atoms with E-state index in [1.54, 1.807) is 28.9 Å². The van der Waals surface area contributed by atoms with Gasteiger partial charge in [-0.15, -0.1) is 5.10 Å². The van der Waals surface area contributed by atoms with Gasteiger partial charge in [-0.05, 0) is 43.3 Å². The van der Waals surface area contributed by atoms with E-state index >= 15 is 0 Å². The maximum Gasteiger partial charge on any atom is 0.292 e. The number of nitrogens with zero attached hydrogens (tertiary/aromatic N) is 3. The fourth-order valence-corrected chi connectivity index (χ4v) is 5.47. The van der Waals surface area contributed by atoms with Crippen LogP contribution in [0.2, 0.25) is 0 Å². The molecular formula is C19H29N4O3S2+. The third-order valence-corrected chi connectivity index (χ3v) is 7.61. The highest BCUT2D eigenvalue weighted by atomic mass is 32.2. The zero-order valence-electron chi connectivity index (χ0n) is 16.7. The molecule has 2 atom stereocenters. The highest BCUT2D eigenvalue weighted by Crippen LogP contribution is 2.23. The van der Waals surface area contributed by atoms with Gasteiger partial charge in [0.2, 0.25) is 15.9 Å². The van der Waals surface area contributed by atoms with Gasteiger partial charge in [0.1, 0.15) is 0 Å². The summed E-state index contributed by atoms with van der Waals surface area (Å²) in [5.41, 5.74) is 0.611. The van der Waals surface area contributed by atoms with Crippen molar-refractivity contribution in [1.29, 1.82) is 0 Å². The van der Waals surface area contributed by atoms with Crippen molar-refractivity contribution in [3.05, 3.63) is 29.1 Å². The molecule has 2 heterocycles. The second-order valence-corrected chi connectivity index (χ2v) is 9.69. The number of aromatic nitrogens is 2. The molecular weight excluding hydrogens is 396 g/mol. The van der Waals surface area contributed by atoms with Crippen LogP contribution in [-0.2, 0) is 16.7 Å². The maximum absolute atomic E-state index is 12.8. The van der Waals surface area contributed by atoms with E-state index in [2.05, 4.69) is 12.0 Å². The molecule has 1 aliphatic heterocycles. The molecule has 7 nitrogen and oxygen atoms in total. The van der Waals surface area contributed by atoms with Crippen LogP contribution in [0.5, 0.6) is 0 Å². The number of nitrogens with one attached hydrogen (secondary N) is 1. The van der Waals surface area contributed by atoms with Gasteiger partial charge >= 0.3 is 0 Å². The summed E-state index contributed by atoms with van der Waals surface area (Å²) in [6.45, 7) is 9.65. The molecule has 154 valence electrons. The molecule has 1 fully saturated rings. The third-order valence-electron chi connectivity index (χ3n) is 5.27. The molecule has 0 bridgehead atoms. The average Bonchev–Trinajstić information content (AvgIpc) is 3.03. The Balaban J connectivity index is 1.86. The van der Waals surface area contributed by atoms with Gasteiger partial charge in [0, 0.05) is 24.6 Å². The minimum atomic E-state index is -3.54. The molecule has 1 aliphatic rings. The first-order valence-electron chi connectivity index (χ1n) is 9.87. The number of sulfonamides is 1. The van der Waals surface area contributed by atoms with Crippen LogP contribution in [0.4, 0.5) is 0 Å². The fourth-order valence-electron chi connectivity index (χ4n) is 3.78. The van der Waals surface area contributed by atoms with Gasteiger partial charge in [-0.25, -0.2) is 8.42 Å². The van der Waals surface area contributed by atoms with E-state index in [4.69, 9.17) is 16.6 Å². The molecule has 3 rings (SSSR count). The van der Waals surface area contributed by atoms with Crippen LogP contribution < -0.4 is 4.90 Å². The molecule has 9 heteroatoms. The Morgan fingerprint density at radius 3 is 2.79 bits per heavy atom. The van der Waals surface area contributed by atoms with Crippen molar-refractivity contribution < 1.29 is 17.7 Å². The lowest BCUT2D eigenvalue weighted by Gasteiger charge is -2.27. The number of likely N-dealkylation sites (tertiary alicyclic amines) is 1. The van der Waals surface area contributed by atoms with Crippen LogP contribution in [0.15, 0.2) is 33.6 Å². The lowest BCUT2D eigenvalue weighted by Crippen LogP contribution is -3.12. The van der Waals surface area contributed by atoms with Gasteiger partial charge in [0.05, 0.1) is 18.0 Å². The number of rotatable bonds is 7. The Morgan fingerprint density at radius 1 is 1.36 bits per heavy atom. The lowest BCUT2D eigenvalue weighted by atomic mass is 10.0. The predicted molar refractivity (Wildman–Crippen MR) is 110 cm³/mol. The molecule has 1 saturated heterocycles. The van der Waals surface area contributed by atoms with Crippen molar-refractivity contribution in [2.24, 2.45) is 5.92 Å². The van der Waals surface area contributed by atoms with Crippen molar-refractivity contribution in [1.82, 2.24) is 14.1 Å². The van der Waals surface area contributed by atoms with Gasteiger partial charge in [-0.1, -0.05) is 26.8 Å². The highest BCUT2D eigenvalue weighted by molar-refractivity contribution is 7.89. The average molecular weight is 426 g/mol. The van der Waals surface area contributed by atoms with E-state index in [0.29, 0.717) is 42.0 Å². The number of benzene rings is 1. The molecule has 1 aromatic carbocycles. The summed E-state index contributed by atoms with van der Waals surface area (Å²) in [4.78, 5) is 1.99. The molecule has 2 aromatic rings. The molecule has 0 spiro atoms. The van der Waals surface area contributed by atoms with Crippen LogP contribution >= 0.6 is 12.2 Å². The summed E-state index contributed by atoms with van der Waals surface area (Å²) in [6.07, 6.45) is 2.48. The third kappa shape index (κ3) is 4.53. The largest absolute Gasteiger partial charge is 0.409 e. The van der Waals surface area contributed by atoms with Gasteiger partial charge in [-0.3, -0.25) is 0 Å². The highest BCUT2D eigenvalue weighted by Gasteiger charge is 2.24. The SMILES string of the molecule is CCN(CC)S(=O)(=O)c1cccc(-c2nn(C[NH+]3CCC[C@H](C)C3)c(=S)o2)c1. The van der Waals surface area contributed by atoms with E-state index in [9.17, 15) is 8.42 Å². The first-order valence-corrected chi connectivity index (χ1v) is 11.7. The molecule has 0 saturated carbocycles. The standard InChI is InChI=1S/C19H28N4O3S2/c1-4-22(5-2)28(24,25)17-10-6-9-16(12-17)18-20-23(19(27)26-18)14-21-11-7-8-15(3)13-21/h6,9-10,12,15H,4-5,7-8,11,13-14H2,1-3H3/p+1/t15-/m0/s1. The molecule has 0 radical (unpaired) electrons. The Morgan fingerprint density at radius 2 is 2.11 bits per heavy atom. The molecule has 1 N–H and O–H groups in total. The van der Waals surface area contributed by atoms with Crippen molar-refractivity contribution in [2.45, 2.75) is 45.2 Å². The quantitative estimate of drug-likeness (QED) is 0.689. The second-order valence-electron chi connectivity index (χ2n) is 7.40. The smallest absolute Gasteiger partial charge is 0.292 e. The predicted octanol–water partition coefficient (Wildman–Crippen LogP) is 2.18. The Bertz CT molecular complexity index is 964. The summed E-state index contributed by atoms with van der Waals surface area (Å²) in [7, 11) is -3.54. The van der Waals surface area contributed by atoms with Crippen molar-refractivity contribution >= 4 is 22.2 Å². The summed E-state index contributed by atoms with van der Waals surface area (Å²) in [5, 5.41) is 4.52. The van der Waals surface area contributed by atoms with E-state index in [1.165, 1.54) is 22.0 Å². The minimum absolute atomic E-state index is 0.236. The number of hydrogen-bond donors (Lipinski definition) is 1. The number of hydrogen-bond acceptors (Lipinski definition) is 5. The zero-order valence-corrected chi connectivity index (χ0v) is 18.4. The van der Waals surface area contributed by atoms with Gasteiger partial charge in [0.25, 0.3) is 4.84 Å². The summed E-state index contributed by atoms with van der Waals surface area (Å²) in [5.74, 6) is 1.05. The monoisotopic (exact) mass is 425 g/mol. The Kier molecular flexibility index (Phi) is 6.69. The molecule has 0 amide bonds. The minimum Gasteiger partial charge on any atom is -0.409 e. The van der Waals surface area contributed by atoms with Crippen LogP contribution in [0.1, 0.15) is 33.6 Å². The van der Waals surface area contributed by atoms with Crippen molar-refractivity contribution in [3.63, 3.8) is 0 Å². The first-order chi connectivity index (χ1) is 13.3. The van der Waals surface area contributed by atoms with E-state index in [1.807, 2.05) is 13.8 Å². The Hall–Kier alpha value is -1.55. The Labute approximate surface area is 172 Å². The van der Waals surface area contributed by atoms with E-state index < -0.39 is 10.0 Å². The zero-order chi connectivity index (χ0) is 20.3. The van der Waals surface area contributed by atoms with Gasteiger partial charge < -0.3 is 9.32 Å². The summed E-state index contributed by atoms with van der Waals surface area (Å²) in [6, 6.07) is 6.71. The van der Waals surface area contributed by atoms with E-state index in [-0.39, 0.29) is 4.90 Å². The van der Waals surface area contributed by atoms with Crippen LogP contribution in [0.3, 0.4) is 0 Å². The normalized spacial score (nSPS) is 20.6. The van der Waals surface area contributed by atoms with Crippen molar-refractivity contribution in [3.8, 4) is 11.5 Å². The lowest BCUT2D eigenvalue weighted by molar-refractivity contribution is -0.931. The topological polar surface area (TPSA) is 72.8 Å². The van der Waals surface area contributed by atoms with Crippen LogP contribution in [-0.4, -0.2) is 48.7 Å². The van der Waals surface area contributed by atoms with Crippen LogP contribution in [0.25, 0.3) is 11.5 Å². The van der Waals surface area contributed by atoms with Gasteiger partial charge in [0.15, 0.2) is 6.67 Å². The summed E-state index contributed by atoms with van der Waals surface area (Å²) < 4.78 is 34.4. The van der Waals surface area contributed by atoms with E-state index in [0.717, 1.165) is 13.1 Å². The second kappa shape index (κ2) is 8.86. The molecule has 0 aliphatic carbocycles. The maximum atomic E-state index is 12.8.